The minimum atomic E-state index is -4.45. The number of carbonyl (C=O) groups is 2. The van der Waals surface area contributed by atoms with E-state index < -0.39 is 29.3 Å². The Hall–Kier alpha value is -3.24. The Morgan fingerprint density at radius 1 is 0.963 bits per heavy atom. The van der Waals surface area contributed by atoms with Crippen molar-refractivity contribution in [3.63, 3.8) is 0 Å². The van der Waals surface area contributed by atoms with E-state index >= 15 is 0 Å². The number of hydrogen-bond acceptors (Lipinski definition) is 6. The van der Waals surface area contributed by atoms with Crippen molar-refractivity contribution in [2.45, 2.75) is 6.18 Å². The number of aromatic carboxylic acids is 1. The van der Waals surface area contributed by atoms with Gasteiger partial charge in [-0.3, -0.25) is 4.79 Å². The number of hydrogen-bond donors (Lipinski definition) is 1. The van der Waals surface area contributed by atoms with Crippen LogP contribution in [0, 0.1) is 0 Å². The minimum Gasteiger partial charge on any atom is -0.476 e. The van der Waals surface area contributed by atoms with Gasteiger partial charge in [-0.15, -0.1) is 0 Å². The molecule has 8 nitrogen and oxygen atoms in total. The topological polar surface area (TPSA) is 99.5 Å². The number of rotatable bonds is 3. The molecule has 1 saturated heterocycles. The number of nitrogens with zero attached hydrogens (tertiary/aromatic N) is 5. The van der Waals surface area contributed by atoms with E-state index in [1.807, 2.05) is 0 Å². The maximum Gasteiger partial charge on any atom is 0.417 e. The van der Waals surface area contributed by atoms with Gasteiger partial charge in [-0.25, -0.2) is 19.7 Å². The van der Waals surface area contributed by atoms with Crippen LogP contribution in [0.25, 0.3) is 0 Å². The molecule has 0 atom stereocenters. The molecule has 0 aromatic carbocycles. The monoisotopic (exact) mass is 381 g/mol. The van der Waals surface area contributed by atoms with Crippen molar-refractivity contribution in [1.29, 1.82) is 0 Å². The molecule has 2 aromatic rings. The first-order chi connectivity index (χ1) is 12.8. The summed E-state index contributed by atoms with van der Waals surface area (Å²) in [5.41, 5.74) is -1.50. The highest BCUT2D eigenvalue weighted by Gasteiger charge is 2.31. The molecule has 1 aliphatic rings. The van der Waals surface area contributed by atoms with Crippen LogP contribution in [0.1, 0.15) is 26.5 Å². The second-order valence-electron chi connectivity index (χ2n) is 5.74. The lowest BCUT2D eigenvalue weighted by Crippen LogP contribution is -2.49. The molecule has 1 N–H and O–H groups in total. The van der Waals surface area contributed by atoms with Crippen LogP contribution >= 0.6 is 0 Å². The van der Waals surface area contributed by atoms with Gasteiger partial charge in [-0.2, -0.15) is 13.2 Å². The maximum atomic E-state index is 12.6. The summed E-state index contributed by atoms with van der Waals surface area (Å²) in [7, 11) is 0. The number of alkyl halides is 3. The van der Waals surface area contributed by atoms with Gasteiger partial charge < -0.3 is 14.9 Å². The van der Waals surface area contributed by atoms with Crippen LogP contribution in [0.2, 0.25) is 0 Å². The largest absolute Gasteiger partial charge is 0.476 e. The average Bonchev–Trinajstić information content (AvgIpc) is 2.67. The first-order valence-corrected chi connectivity index (χ1v) is 7.89. The Kier molecular flexibility index (Phi) is 4.93. The molecule has 1 amide bonds. The Bertz CT molecular complexity index is 849. The molecule has 0 radical (unpaired) electrons. The SMILES string of the molecule is O=C(O)c1nccnc1C(=O)N1CCN(c2ccc(C(F)(F)F)cn2)CC1. The van der Waals surface area contributed by atoms with Gasteiger partial charge in [-0.1, -0.05) is 0 Å². The number of pyridine rings is 1. The van der Waals surface area contributed by atoms with Crippen LogP contribution in [-0.4, -0.2) is 63.0 Å². The van der Waals surface area contributed by atoms with Gasteiger partial charge in [0.25, 0.3) is 5.91 Å². The lowest BCUT2D eigenvalue weighted by atomic mass is 10.2. The van der Waals surface area contributed by atoms with Crippen LogP contribution in [0.15, 0.2) is 30.7 Å². The van der Waals surface area contributed by atoms with E-state index in [2.05, 4.69) is 15.0 Å². The molecule has 1 aliphatic heterocycles. The molecule has 3 heterocycles. The van der Waals surface area contributed by atoms with Crippen molar-refractivity contribution in [3.8, 4) is 0 Å². The zero-order chi connectivity index (χ0) is 19.6. The van der Waals surface area contributed by atoms with Crippen molar-refractivity contribution >= 4 is 17.7 Å². The highest BCUT2D eigenvalue weighted by Crippen LogP contribution is 2.29. The maximum absolute atomic E-state index is 12.6. The Balaban J connectivity index is 1.67. The standard InChI is InChI=1S/C16H14F3N5O3/c17-16(18,19)10-1-2-11(22-9-10)23-5-7-24(8-6-23)14(25)12-13(15(26)27)21-4-3-20-12/h1-4,9H,5-8H2,(H,26,27). The van der Waals surface area contributed by atoms with Crippen LogP contribution in [0.4, 0.5) is 19.0 Å². The zero-order valence-corrected chi connectivity index (χ0v) is 13.8. The third-order valence-corrected chi connectivity index (χ3v) is 4.07. The molecule has 3 rings (SSSR count). The van der Waals surface area contributed by atoms with Gasteiger partial charge in [0, 0.05) is 44.8 Å². The molecule has 11 heteroatoms. The second-order valence-corrected chi connectivity index (χ2v) is 5.74. The Labute approximate surface area is 151 Å². The molecule has 2 aromatic heterocycles. The summed E-state index contributed by atoms with van der Waals surface area (Å²) in [5, 5.41) is 9.11. The van der Waals surface area contributed by atoms with E-state index in [1.54, 1.807) is 4.90 Å². The minimum absolute atomic E-state index is 0.244. The molecular weight excluding hydrogens is 367 g/mol. The second kappa shape index (κ2) is 7.17. The van der Waals surface area contributed by atoms with Crippen LogP contribution in [0.3, 0.4) is 0 Å². The molecule has 27 heavy (non-hydrogen) atoms. The molecule has 1 fully saturated rings. The lowest BCUT2D eigenvalue weighted by Gasteiger charge is -2.35. The van der Waals surface area contributed by atoms with Crippen molar-refractivity contribution in [2.24, 2.45) is 0 Å². The van der Waals surface area contributed by atoms with Crippen molar-refractivity contribution < 1.29 is 27.9 Å². The molecular formula is C16H14F3N5O3. The third kappa shape index (κ3) is 3.96. The van der Waals surface area contributed by atoms with Crippen molar-refractivity contribution in [1.82, 2.24) is 19.9 Å². The highest BCUT2D eigenvalue weighted by atomic mass is 19.4. The predicted octanol–water partition coefficient (Wildman–Crippen LogP) is 1.55. The summed E-state index contributed by atoms with van der Waals surface area (Å²) in [5.74, 6) is -1.53. The van der Waals surface area contributed by atoms with Crippen LogP contribution < -0.4 is 4.90 Å². The van der Waals surface area contributed by atoms with Gasteiger partial charge in [0.15, 0.2) is 11.4 Å². The molecule has 0 spiro atoms. The van der Waals surface area contributed by atoms with Gasteiger partial charge >= 0.3 is 12.1 Å². The molecule has 0 saturated carbocycles. The smallest absolute Gasteiger partial charge is 0.417 e. The quantitative estimate of drug-likeness (QED) is 0.861. The summed E-state index contributed by atoms with van der Waals surface area (Å²) in [4.78, 5) is 38.2. The normalized spacial score (nSPS) is 14.9. The number of halogens is 3. The Morgan fingerprint density at radius 3 is 2.11 bits per heavy atom. The zero-order valence-electron chi connectivity index (χ0n) is 13.8. The molecule has 0 bridgehead atoms. The number of anilines is 1. The summed E-state index contributed by atoms with van der Waals surface area (Å²) < 4.78 is 37.8. The fourth-order valence-corrected chi connectivity index (χ4v) is 2.68. The predicted molar refractivity (Wildman–Crippen MR) is 86.3 cm³/mol. The number of piperazine rings is 1. The fraction of sp³-hybridized carbons (Fsp3) is 0.312. The van der Waals surface area contributed by atoms with E-state index in [1.165, 1.54) is 23.4 Å². The fourth-order valence-electron chi connectivity index (χ4n) is 2.68. The first-order valence-electron chi connectivity index (χ1n) is 7.89. The van der Waals surface area contributed by atoms with Gasteiger partial charge in [0.05, 0.1) is 5.56 Å². The Morgan fingerprint density at radius 2 is 1.59 bits per heavy atom. The van der Waals surface area contributed by atoms with Gasteiger partial charge in [0.2, 0.25) is 0 Å². The van der Waals surface area contributed by atoms with E-state index in [0.717, 1.165) is 12.3 Å². The third-order valence-electron chi connectivity index (χ3n) is 4.07. The summed E-state index contributed by atoms with van der Waals surface area (Å²) in [6.07, 6.45) is -1.25. The van der Waals surface area contributed by atoms with Crippen molar-refractivity contribution in [2.75, 3.05) is 31.1 Å². The van der Waals surface area contributed by atoms with E-state index in [-0.39, 0.29) is 18.8 Å². The van der Waals surface area contributed by atoms with Crippen LogP contribution in [-0.2, 0) is 6.18 Å². The number of carbonyl (C=O) groups excluding carboxylic acids is 1. The lowest BCUT2D eigenvalue weighted by molar-refractivity contribution is -0.137. The van der Waals surface area contributed by atoms with E-state index in [0.29, 0.717) is 18.9 Å². The number of aromatic nitrogens is 3. The van der Waals surface area contributed by atoms with Gasteiger partial charge in [-0.05, 0) is 12.1 Å². The van der Waals surface area contributed by atoms with E-state index in [9.17, 15) is 22.8 Å². The first kappa shape index (κ1) is 18.5. The average molecular weight is 381 g/mol. The summed E-state index contributed by atoms with van der Waals surface area (Å²) in [6.45, 7) is 1.17. The number of amides is 1. The molecule has 142 valence electrons. The van der Waals surface area contributed by atoms with Crippen LogP contribution in [0.5, 0.6) is 0 Å². The van der Waals surface area contributed by atoms with E-state index in [4.69, 9.17) is 5.11 Å². The number of carboxylic acid groups (broad SMARTS) is 1. The highest BCUT2D eigenvalue weighted by molar-refractivity contribution is 6.02. The number of carboxylic acids is 1. The van der Waals surface area contributed by atoms with Gasteiger partial charge in [0.1, 0.15) is 5.82 Å². The molecule has 0 aliphatic carbocycles. The molecule has 0 unspecified atom stereocenters. The van der Waals surface area contributed by atoms with Crippen molar-refractivity contribution in [3.05, 3.63) is 47.7 Å². The summed E-state index contributed by atoms with van der Waals surface area (Å²) in [6, 6.07) is 2.24. The summed E-state index contributed by atoms with van der Waals surface area (Å²) >= 11 is 0.